The molecular weight excluding hydrogens is 422 g/mol. The Hall–Kier alpha value is -4.39. The third-order valence-electron chi connectivity index (χ3n) is 5.61. The molecule has 0 saturated heterocycles. The number of carbonyl (C=O) groups is 2. The summed E-state index contributed by atoms with van der Waals surface area (Å²) in [6.07, 6.45) is 0.0214. The Morgan fingerprint density at radius 3 is 2.58 bits per heavy atom. The minimum atomic E-state index is -0.440. The van der Waals surface area contributed by atoms with E-state index in [1.807, 2.05) is 24.3 Å². The van der Waals surface area contributed by atoms with Gasteiger partial charge in [-0.25, -0.2) is 9.59 Å². The molecule has 7 nitrogen and oxygen atoms in total. The lowest BCUT2D eigenvalue weighted by molar-refractivity contribution is 0.0252. The lowest BCUT2D eigenvalue weighted by atomic mass is 9.93. The number of anilines is 1. The molecule has 1 amide bonds. The molecular formula is C26H19NO6. The second-order valence-electron chi connectivity index (χ2n) is 7.70. The van der Waals surface area contributed by atoms with Crippen molar-refractivity contribution >= 4 is 28.5 Å². The van der Waals surface area contributed by atoms with Crippen LogP contribution >= 0.6 is 0 Å². The highest BCUT2D eigenvalue weighted by Gasteiger charge is 2.28. The molecule has 0 unspecified atom stereocenters. The maximum atomic E-state index is 12.9. The summed E-state index contributed by atoms with van der Waals surface area (Å²) in [7, 11) is 1.59. The molecule has 7 heteroatoms. The summed E-state index contributed by atoms with van der Waals surface area (Å²) >= 11 is 0. The van der Waals surface area contributed by atoms with Gasteiger partial charge in [-0.1, -0.05) is 12.1 Å². The van der Waals surface area contributed by atoms with Crippen LogP contribution in [-0.2, 0) is 11.2 Å². The molecule has 1 aliphatic rings. The Bertz CT molecular complexity index is 1440. The van der Waals surface area contributed by atoms with E-state index in [0.717, 1.165) is 16.9 Å². The van der Waals surface area contributed by atoms with E-state index >= 15 is 0 Å². The zero-order valence-electron chi connectivity index (χ0n) is 17.7. The normalized spacial score (nSPS) is 14.9. The van der Waals surface area contributed by atoms with Gasteiger partial charge in [-0.2, -0.15) is 0 Å². The SMILES string of the molecule is COc1ccc([C@H]2Cc3cc(C(=O)Nc4ccc5oc(=O)ccc5c4)ccc3C(=O)O2)cc1. The first kappa shape index (κ1) is 20.5. The Morgan fingerprint density at radius 1 is 0.970 bits per heavy atom. The topological polar surface area (TPSA) is 94.8 Å². The molecule has 0 saturated carbocycles. The van der Waals surface area contributed by atoms with Crippen LogP contribution in [0.2, 0.25) is 0 Å². The Labute approximate surface area is 188 Å². The number of amides is 1. The molecule has 33 heavy (non-hydrogen) atoms. The first-order valence-electron chi connectivity index (χ1n) is 10.3. The van der Waals surface area contributed by atoms with Gasteiger partial charge in [0.15, 0.2) is 0 Å². The van der Waals surface area contributed by atoms with E-state index in [1.165, 1.54) is 6.07 Å². The highest BCUT2D eigenvalue weighted by molar-refractivity contribution is 6.06. The van der Waals surface area contributed by atoms with Gasteiger partial charge in [0.1, 0.15) is 17.4 Å². The van der Waals surface area contributed by atoms with Crippen LogP contribution in [0.25, 0.3) is 11.0 Å². The Balaban J connectivity index is 1.38. The molecule has 1 atom stereocenters. The molecule has 4 aromatic rings. The molecule has 1 N–H and O–H groups in total. The molecule has 3 aromatic carbocycles. The van der Waals surface area contributed by atoms with Gasteiger partial charge in [0.05, 0.1) is 12.7 Å². The van der Waals surface area contributed by atoms with Crippen LogP contribution in [0.1, 0.15) is 37.9 Å². The predicted molar refractivity (Wildman–Crippen MR) is 122 cm³/mol. The van der Waals surface area contributed by atoms with Crippen LogP contribution in [0.3, 0.4) is 0 Å². The van der Waals surface area contributed by atoms with Gasteiger partial charge < -0.3 is 19.2 Å². The zero-order chi connectivity index (χ0) is 22.9. The average Bonchev–Trinajstić information content (AvgIpc) is 2.83. The molecule has 0 radical (unpaired) electrons. The minimum absolute atomic E-state index is 0.311. The van der Waals surface area contributed by atoms with Crippen molar-refractivity contribution < 1.29 is 23.5 Å². The van der Waals surface area contributed by atoms with Crippen molar-refractivity contribution in [3.63, 3.8) is 0 Å². The monoisotopic (exact) mass is 441 g/mol. The van der Waals surface area contributed by atoms with Crippen molar-refractivity contribution in [2.75, 3.05) is 12.4 Å². The number of cyclic esters (lactones) is 1. The number of ether oxygens (including phenoxy) is 2. The maximum absolute atomic E-state index is 12.9. The van der Waals surface area contributed by atoms with Crippen LogP contribution in [0.15, 0.2) is 82.0 Å². The minimum Gasteiger partial charge on any atom is -0.497 e. The largest absolute Gasteiger partial charge is 0.497 e. The van der Waals surface area contributed by atoms with Gasteiger partial charge in [-0.05, 0) is 65.7 Å². The van der Waals surface area contributed by atoms with Crippen LogP contribution < -0.4 is 15.7 Å². The van der Waals surface area contributed by atoms with E-state index in [2.05, 4.69) is 5.32 Å². The number of methoxy groups -OCH3 is 1. The number of nitrogens with one attached hydrogen (secondary N) is 1. The number of hydrogen-bond donors (Lipinski definition) is 1. The van der Waals surface area contributed by atoms with Crippen molar-refractivity contribution in [3.8, 4) is 5.75 Å². The maximum Gasteiger partial charge on any atom is 0.339 e. The molecule has 0 spiro atoms. The number of esters is 1. The summed E-state index contributed by atoms with van der Waals surface area (Å²) in [5.41, 5.74) is 3.06. The van der Waals surface area contributed by atoms with Crippen LogP contribution in [0, 0.1) is 0 Å². The molecule has 164 valence electrons. The van der Waals surface area contributed by atoms with Crippen molar-refractivity contribution in [2.45, 2.75) is 12.5 Å². The van der Waals surface area contributed by atoms with Gasteiger partial charge in [-0.15, -0.1) is 0 Å². The summed E-state index contributed by atoms with van der Waals surface area (Å²) in [6, 6.07) is 20.3. The smallest absolute Gasteiger partial charge is 0.339 e. The second kappa shape index (κ2) is 8.27. The number of fused-ring (bicyclic) bond motifs is 2. The van der Waals surface area contributed by atoms with Gasteiger partial charge >= 0.3 is 11.6 Å². The lowest BCUT2D eigenvalue weighted by Gasteiger charge is -2.25. The highest BCUT2D eigenvalue weighted by atomic mass is 16.5. The third-order valence-corrected chi connectivity index (χ3v) is 5.61. The van der Waals surface area contributed by atoms with E-state index in [-0.39, 0.29) is 5.91 Å². The first-order valence-corrected chi connectivity index (χ1v) is 10.3. The van der Waals surface area contributed by atoms with E-state index in [4.69, 9.17) is 13.9 Å². The summed E-state index contributed by atoms with van der Waals surface area (Å²) in [6.45, 7) is 0. The number of hydrogen-bond acceptors (Lipinski definition) is 6. The molecule has 1 aliphatic heterocycles. The first-order chi connectivity index (χ1) is 16.0. The standard InChI is InChI=1S/C26H19NO6/c1-31-20-7-2-15(3-8-20)23-14-18-12-17(4-9-21(18)26(30)33-23)25(29)27-19-6-10-22-16(13-19)5-11-24(28)32-22/h2-13,23H,14H2,1H3,(H,27,29)/t23-/m1/s1. The summed E-state index contributed by atoms with van der Waals surface area (Å²) < 4.78 is 15.9. The molecule has 0 bridgehead atoms. The van der Waals surface area contributed by atoms with Crippen LogP contribution in [-0.4, -0.2) is 19.0 Å². The van der Waals surface area contributed by atoms with Crippen molar-refractivity contribution in [1.82, 2.24) is 0 Å². The highest BCUT2D eigenvalue weighted by Crippen LogP contribution is 2.32. The van der Waals surface area contributed by atoms with E-state index in [0.29, 0.717) is 34.2 Å². The van der Waals surface area contributed by atoms with E-state index in [1.54, 1.807) is 49.6 Å². The lowest BCUT2D eigenvalue weighted by Crippen LogP contribution is -2.23. The fourth-order valence-electron chi connectivity index (χ4n) is 3.89. The van der Waals surface area contributed by atoms with Crippen LogP contribution in [0.5, 0.6) is 5.75 Å². The fourth-order valence-corrected chi connectivity index (χ4v) is 3.89. The van der Waals surface area contributed by atoms with Gasteiger partial charge in [-0.3, -0.25) is 4.79 Å². The van der Waals surface area contributed by atoms with Gasteiger partial charge in [0.25, 0.3) is 5.91 Å². The fraction of sp³-hybridized carbons (Fsp3) is 0.115. The molecule has 2 heterocycles. The molecule has 0 fully saturated rings. The van der Waals surface area contributed by atoms with Crippen molar-refractivity contribution in [3.05, 3.63) is 105 Å². The average molecular weight is 441 g/mol. The van der Waals surface area contributed by atoms with Crippen molar-refractivity contribution in [1.29, 1.82) is 0 Å². The summed E-state index contributed by atoms with van der Waals surface area (Å²) in [4.78, 5) is 36.8. The van der Waals surface area contributed by atoms with Crippen LogP contribution in [0.4, 0.5) is 5.69 Å². The van der Waals surface area contributed by atoms with E-state index in [9.17, 15) is 14.4 Å². The zero-order valence-corrected chi connectivity index (χ0v) is 17.7. The molecule has 1 aromatic heterocycles. The van der Waals surface area contributed by atoms with Gasteiger partial charge in [0.2, 0.25) is 0 Å². The third kappa shape index (κ3) is 4.08. The van der Waals surface area contributed by atoms with Gasteiger partial charge in [0, 0.05) is 29.1 Å². The van der Waals surface area contributed by atoms with Crippen molar-refractivity contribution in [2.24, 2.45) is 0 Å². The van der Waals surface area contributed by atoms with E-state index < -0.39 is 17.7 Å². The molecule has 0 aliphatic carbocycles. The number of benzene rings is 3. The summed E-state index contributed by atoms with van der Waals surface area (Å²) in [5.74, 6) is -0.00871. The number of rotatable bonds is 4. The Kier molecular flexibility index (Phi) is 5.14. The second-order valence-corrected chi connectivity index (χ2v) is 7.70. The summed E-state index contributed by atoms with van der Waals surface area (Å²) in [5, 5.41) is 3.55. The number of carbonyl (C=O) groups excluding carboxylic acids is 2. The Morgan fingerprint density at radius 2 is 1.79 bits per heavy atom. The molecule has 5 rings (SSSR count). The predicted octanol–water partition coefficient (Wildman–Crippen LogP) is 4.51. The quantitative estimate of drug-likeness (QED) is 0.370.